The first-order valence-electron chi connectivity index (χ1n) is 6.67. The Morgan fingerprint density at radius 3 is 2.33 bits per heavy atom. The van der Waals surface area contributed by atoms with Crippen molar-refractivity contribution in [2.45, 2.75) is 26.2 Å². The number of carbonyl (C=O) groups excluding carboxylic acids is 1. The van der Waals surface area contributed by atoms with Crippen LogP contribution in [0.4, 0.5) is 0 Å². The summed E-state index contributed by atoms with van der Waals surface area (Å²) >= 11 is 0. The smallest absolute Gasteiger partial charge is 0.224 e. The van der Waals surface area contributed by atoms with Crippen molar-refractivity contribution in [1.29, 1.82) is 0 Å². The number of rotatable bonds is 2. The molecule has 0 spiro atoms. The summed E-state index contributed by atoms with van der Waals surface area (Å²) in [7, 11) is 1.64. The third-order valence-corrected chi connectivity index (χ3v) is 3.11. The van der Waals surface area contributed by atoms with Crippen LogP contribution in [0.15, 0.2) is 30.3 Å². The average Bonchev–Trinajstić information content (AvgIpc) is 2.41. The van der Waals surface area contributed by atoms with E-state index >= 15 is 0 Å². The molecule has 0 radical (unpaired) electrons. The largest absolute Gasteiger partial charge is 0.359 e. The van der Waals surface area contributed by atoms with E-state index < -0.39 is 0 Å². The highest BCUT2D eigenvalue weighted by Gasteiger charge is 2.05. The maximum absolute atomic E-state index is 10.9. The van der Waals surface area contributed by atoms with E-state index in [4.69, 9.17) is 0 Å². The molecule has 0 bridgehead atoms. The molecule has 3 nitrogen and oxygen atoms in total. The zero-order chi connectivity index (χ0) is 13.2. The van der Waals surface area contributed by atoms with E-state index in [9.17, 15) is 4.79 Å². The Morgan fingerprint density at radius 1 is 1.28 bits per heavy atom. The predicted octanol–water partition coefficient (Wildman–Crippen LogP) is 1.98. The maximum Gasteiger partial charge on any atom is 0.224 e. The van der Waals surface area contributed by atoms with E-state index in [1.807, 2.05) is 30.3 Å². The SMILES string of the molecule is CC1CCNCC1.CNC(=O)Cc1ccccc1. The van der Waals surface area contributed by atoms with Crippen LogP contribution in [-0.2, 0) is 11.2 Å². The molecule has 1 aromatic carbocycles. The highest BCUT2D eigenvalue weighted by molar-refractivity contribution is 5.78. The normalized spacial score (nSPS) is 15.4. The van der Waals surface area contributed by atoms with Crippen LogP contribution in [0, 0.1) is 5.92 Å². The zero-order valence-corrected chi connectivity index (χ0v) is 11.4. The summed E-state index contributed by atoms with van der Waals surface area (Å²) in [5.41, 5.74) is 1.05. The molecule has 100 valence electrons. The summed E-state index contributed by atoms with van der Waals surface area (Å²) in [5.74, 6) is 1.03. The molecule has 0 atom stereocenters. The van der Waals surface area contributed by atoms with E-state index in [0.29, 0.717) is 6.42 Å². The molecule has 1 aliphatic heterocycles. The number of benzene rings is 1. The Hall–Kier alpha value is -1.35. The lowest BCUT2D eigenvalue weighted by atomic mass is 10.0. The van der Waals surface area contributed by atoms with Gasteiger partial charge in [-0.1, -0.05) is 37.3 Å². The number of piperidine rings is 1. The quantitative estimate of drug-likeness (QED) is 0.840. The van der Waals surface area contributed by atoms with E-state index in [0.717, 1.165) is 11.5 Å². The third-order valence-electron chi connectivity index (χ3n) is 3.11. The summed E-state index contributed by atoms with van der Waals surface area (Å²) in [4.78, 5) is 10.9. The minimum absolute atomic E-state index is 0.0520. The topological polar surface area (TPSA) is 41.1 Å². The standard InChI is InChI=1S/C9H11NO.C6H13N/c1-10-9(11)7-8-5-3-2-4-6-8;1-6-2-4-7-5-3-6/h2-6H,7H2,1H3,(H,10,11);6-7H,2-5H2,1H3. The van der Waals surface area contributed by atoms with Crippen molar-refractivity contribution in [3.63, 3.8) is 0 Å². The molecule has 3 heteroatoms. The molecule has 0 saturated carbocycles. The molecule has 0 unspecified atom stereocenters. The number of likely N-dealkylation sites (N-methyl/N-ethyl adjacent to an activating group) is 1. The molecular formula is C15H24N2O. The number of amides is 1. The van der Waals surface area contributed by atoms with Crippen LogP contribution >= 0.6 is 0 Å². The third kappa shape index (κ3) is 6.40. The first-order chi connectivity index (χ1) is 8.72. The van der Waals surface area contributed by atoms with Gasteiger partial charge < -0.3 is 10.6 Å². The van der Waals surface area contributed by atoms with Crippen molar-refractivity contribution in [1.82, 2.24) is 10.6 Å². The molecule has 0 aromatic heterocycles. The Kier molecular flexibility index (Phi) is 7.11. The summed E-state index contributed by atoms with van der Waals surface area (Å²) in [6.45, 7) is 4.79. The number of hydrogen-bond acceptors (Lipinski definition) is 2. The van der Waals surface area contributed by atoms with E-state index in [1.54, 1.807) is 7.05 Å². The van der Waals surface area contributed by atoms with Crippen LogP contribution in [0.5, 0.6) is 0 Å². The lowest BCUT2D eigenvalue weighted by molar-refractivity contribution is -0.119. The molecule has 1 saturated heterocycles. The molecule has 18 heavy (non-hydrogen) atoms. The predicted molar refractivity (Wildman–Crippen MR) is 75.5 cm³/mol. The van der Waals surface area contributed by atoms with Gasteiger partial charge in [0, 0.05) is 7.05 Å². The molecule has 1 amide bonds. The van der Waals surface area contributed by atoms with Crippen molar-refractivity contribution in [2.24, 2.45) is 5.92 Å². The van der Waals surface area contributed by atoms with Crippen molar-refractivity contribution in [2.75, 3.05) is 20.1 Å². The highest BCUT2D eigenvalue weighted by Crippen LogP contribution is 2.08. The summed E-state index contributed by atoms with van der Waals surface area (Å²) in [6, 6.07) is 9.67. The second kappa shape index (κ2) is 8.70. The van der Waals surface area contributed by atoms with Crippen LogP contribution in [0.25, 0.3) is 0 Å². The fraction of sp³-hybridized carbons (Fsp3) is 0.533. The molecule has 1 heterocycles. The van der Waals surface area contributed by atoms with Crippen LogP contribution < -0.4 is 10.6 Å². The Balaban J connectivity index is 0.000000199. The molecule has 1 aliphatic rings. The van der Waals surface area contributed by atoms with Gasteiger partial charge in [0.15, 0.2) is 0 Å². The van der Waals surface area contributed by atoms with E-state index in [1.165, 1.54) is 25.9 Å². The Morgan fingerprint density at radius 2 is 1.89 bits per heavy atom. The molecule has 2 rings (SSSR count). The van der Waals surface area contributed by atoms with Crippen molar-refractivity contribution < 1.29 is 4.79 Å². The average molecular weight is 248 g/mol. The number of hydrogen-bond donors (Lipinski definition) is 2. The van der Waals surface area contributed by atoms with Crippen LogP contribution in [0.1, 0.15) is 25.3 Å². The fourth-order valence-electron chi connectivity index (χ4n) is 1.84. The Labute approximate surface area is 110 Å². The van der Waals surface area contributed by atoms with Gasteiger partial charge in [-0.15, -0.1) is 0 Å². The Bertz CT molecular complexity index is 332. The van der Waals surface area contributed by atoms with Gasteiger partial charge in [0.25, 0.3) is 0 Å². The van der Waals surface area contributed by atoms with Gasteiger partial charge >= 0.3 is 0 Å². The summed E-state index contributed by atoms with van der Waals surface area (Å²) in [5, 5.41) is 5.89. The number of carbonyl (C=O) groups is 1. The van der Waals surface area contributed by atoms with Crippen molar-refractivity contribution >= 4 is 5.91 Å². The second-order valence-corrected chi connectivity index (χ2v) is 4.77. The van der Waals surface area contributed by atoms with Crippen molar-refractivity contribution in [3.05, 3.63) is 35.9 Å². The van der Waals surface area contributed by atoms with Gasteiger partial charge in [-0.25, -0.2) is 0 Å². The lowest BCUT2D eigenvalue weighted by Gasteiger charge is -2.17. The number of nitrogens with one attached hydrogen (secondary N) is 2. The van der Waals surface area contributed by atoms with Crippen LogP contribution in [0.2, 0.25) is 0 Å². The van der Waals surface area contributed by atoms with Gasteiger partial charge in [-0.05, 0) is 37.4 Å². The van der Waals surface area contributed by atoms with Crippen LogP contribution in [-0.4, -0.2) is 26.0 Å². The monoisotopic (exact) mass is 248 g/mol. The molecule has 2 N–H and O–H groups in total. The summed E-state index contributed by atoms with van der Waals surface area (Å²) < 4.78 is 0. The minimum atomic E-state index is 0.0520. The van der Waals surface area contributed by atoms with Gasteiger partial charge in [-0.3, -0.25) is 4.79 Å². The molecule has 0 aliphatic carbocycles. The van der Waals surface area contributed by atoms with Gasteiger partial charge in [-0.2, -0.15) is 0 Å². The zero-order valence-electron chi connectivity index (χ0n) is 11.4. The van der Waals surface area contributed by atoms with E-state index in [2.05, 4.69) is 17.6 Å². The first kappa shape index (κ1) is 14.7. The minimum Gasteiger partial charge on any atom is -0.359 e. The van der Waals surface area contributed by atoms with Gasteiger partial charge in [0.2, 0.25) is 5.91 Å². The molecular weight excluding hydrogens is 224 g/mol. The van der Waals surface area contributed by atoms with Gasteiger partial charge in [0.05, 0.1) is 6.42 Å². The maximum atomic E-state index is 10.9. The van der Waals surface area contributed by atoms with Gasteiger partial charge in [0.1, 0.15) is 0 Å². The van der Waals surface area contributed by atoms with Crippen LogP contribution in [0.3, 0.4) is 0 Å². The fourth-order valence-corrected chi connectivity index (χ4v) is 1.84. The lowest BCUT2D eigenvalue weighted by Crippen LogP contribution is -2.26. The van der Waals surface area contributed by atoms with E-state index in [-0.39, 0.29) is 5.91 Å². The van der Waals surface area contributed by atoms with Crippen molar-refractivity contribution in [3.8, 4) is 0 Å². The summed E-state index contributed by atoms with van der Waals surface area (Å²) in [6.07, 6.45) is 3.22. The second-order valence-electron chi connectivity index (χ2n) is 4.77. The molecule has 1 fully saturated rings. The molecule has 1 aromatic rings. The highest BCUT2D eigenvalue weighted by atomic mass is 16.1. The first-order valence-corrected chi connectivity index (χ1v) is 6.67.